The number of hydrogen-bond acceptors (Lipinski definition) is 6. The number of benzene rings is 1. The molecule has 0 spiro atoms. The smallest absolute Gasteiger partial charge is 0.272 e. The highest BCUT2D eigenvalue weighted by Crippen LogP contribution is 2.20. The lowest BCUT2D eigenvalue weighted by atomic mass is 10.3. The summed E-state index contributed by atoms with van der Waals surface area (Å²) < 4.78 is 1.52. The summed E-state index contributed by atoms with van der Waals surface area (Å²) in [6.07, 6.45) is 5.11. The third kappa shape index (κ3) is 5.33. The van der Waals surface area contributed by atoms with Crippen molar-refractivity contribution < 1.29 is 9.59 Å². The highest BCUT2D eigenvalue weighted by molar-refractivity contribution is 7.99. The Bertz CT molecular complexity index is 1040. The molecule has 1 aliphatic rings. The topological polar surface area (TPSA) is 102 Å². The Hall–Kier alpha value is -2.91. The van der Waals surface area contributed by atoms with E-state index in [4.69, 9.17) is 11.6 Å². The number of aromatic nitrogens is 4. The van der Waals surface area contributed by atoms with E-state index in [9.17, 15) is 9.59 Å². The molecular weight excluding hydrogens is 412 g/mol. The van der Waals surface area contributed by atoms with E-state index in [-0.39, 0.29) is 23.6 Å². The lowest BCUT2D eigenvalue weighted by Crippen LogP contribution is -2.25. The summed E-state index contributed by atoms with van der Waals surface area (Å²) in [6.45, 7) is 0. The zero-order valence-corrected chi connectivity index (χ0v) is 16.8. The molecule has 1 fully saturated rings. The third-order valence-corrected chi connectivity index (χ3v) is 5.25. The predicted octanol–water partition coefficient (Wildman–Crippen LogP) is 2.94. The number of nitrogens with one attached hydrogen (secondary N) is 2. The summed E-state index contributed by atoms with van der Waals surface area (Å²) in [4.78, 5) is 32.6. The van der Waals surface area contributed by atoms with Crippen LogP contribution >= 0.6 is 23.4 Å². The number of nitrogens with zero attached hydrogens (tertiary/aromatic N) is 4. The first-order valence-corrected chi connectivity index (χ1v) is 10.3. The molecule has 1 saturated carbocycles. The molecule has 3 aromatic rings. The van der Waals surface area contributed by atoms with Crippen molar-refractivity contribution >= 4 is 40.9 Å². The number of rotatable bonds is 7. The molecule has 0 radical (unpaired) electrons. The van der Waals surface area contributed by atoms with Crippen LogP contribution in [0.5, 0.6) is 0 Å². The van der Waals surface area contributed by atoms with E-state index >= 15 is 0 Å². The minimum atomic E-state index is -0.186. The molecule has 2 aromatic heterocycles. The molecule has 4 rings (SSSR count). The number of thioether (sulfide) groups is 1. The van der Waals surface area contributed by atoms with Crippen LogP contribution in [0, 0.1) is 0 Å². The van der Waals surface area contributed by atoms with E-state index in [1.54, 1.807) is 42.6 Å². The van der Waals surface area contributed by atoms with Crippen LogP contribution in [-0.4, -0.2) is 43.4 Å². The Morgan fingerprint density at radius 2 is 1.97 bits per heavy atom. The number of carbonyl (C=O) groups is 2. The van der Waals surface area contributed by atoms with Gasteiger partial charge in [-0.1, -0.05) is 23.4 Å². The van der Waals surface area contributed by atoms with Gasteiger partial charge in [-0.2, -0.15) is 5.10 Å². The standard InChI is InChI=1S/C19H17ClN6O2S/c20-12-1-3-13(4-2-12)23-17(27)10-29-18-9-16(21-11-22-18)26-8-7-15(25-26)19(28)24-14-5-6-14/h1-4,7-9,11,14H,5-6,10H2,(H,23,27)(H,24,28). The van der Waals surface area contributed by atoms with Crippen molar-refractivity contribution in [3.8, 4) is 5.82 Å². The molecule has 2 amide bonds. The summed E-state index contributed by atoms with van der Waals surface area (Å²) in [5.41, 5.74) is 1.02. The highest BCUT2D eigenvalue weighted by Gasteiger charge is 2.24. The van der Waals surface area contributed by atoms with Gasteiger partial charge >= 0.3 is 0 Å². The van der Waals surface area contributed by atoms with Gasteiger partial charge in [-0.05, 0) is 43.2 Å². The van der Waals surface area contributed by atoms with Crippen LogP contribution in [0.2, 0.25) is 5.02 Å². The van der Waals surface area contributed by atoms with Gasteiger partial charge < -0.3 is 10.6 Å². The first-order chi connectivity index (χ1) is 14.1. The Kier molecular flexibility index (Phi) is 5.77. The lowest BCUT2D eigenvalue weighted by Gasteiger charge is -2.06. The molecule has 29 heavy (non-hydrogen) atoms. The second-order valence-corrected chi connectivity index (χ2v) is 7.88. The molecular formula is C19H17ClN6O2S. The number of anilines is 1. The Balaban J connectivity index is 1.36. The van der Waals surface area contributed by atoms with Gasteiger partial charge in [0, 0.05) is 29.0 Å². The van der Waals surface area contributed by atoms with Crippen LogP contribution in [0.25, 0.3) is 5.82 Å². The zero-order chi connectivity index (χ0) is 20.2. The first-order valence-electron chi connectivity index (χ1n) is 8.94. The molecule has 2 heterocycles. The van der Waals surface area contributed by atoms with E-state index < -0.39 is 0 Å². The molecule has 8 nitrogen and oxygen atoms in total. The number of amides is 2. The average molecular weight is 429 g/mol. The van der Waals surface area contributed by atoms with Crippen LogP contribution in [0.15, 0.2) is 53.9 Å². The van der Waals surface area contributed by atoms with Crippen LogP contribution < -0.4 is 10.6 Å². The fraction of sp³-hybridized carbons (Fsp3) is 0.211. The molecule has 0 aliphatic heterocycles. The molecule has 0 atom stereocenters. The van der Waals surface area contributed by atoms with E-state index in [1.165, 1.54) is 22.8 Å². The van der Waals surface area contributed by atoms with Crippen LogP contribution in [0.3, 0.4) is 0 Å². The van der Waals surface area contributed by atoms with Gasteiger partial charge in [0.05, 0.1) is 5.75 Å². The summed E-state index contributed by atoms with van der Waals surface area (Å²) in [6, 6.07) is 10.5. The molecule has 1 aliphatic carbocycles. The van der Waals surface area contributed by atoms with Crippen molar-refractivity contribution in [2.75, 3.05) is 11.1 Å². The van der Waals surface area contributed by atoms with E-state index in [0.717, 1.165) is 12.8 Å². The average Bonchev–Trinajstić information content (AvgIpc) is 3.39. The van der Waals surface area contributed by atoms with Crippen LogP contribution in [0.4, 0.5) is 5.69 Å². The number of halogens is 1. The minimum Gasteiger partial charge on any atom is -0.348 e. The van der Waals surface area contributed by atoms with Crippen molar-refractivity contribution in [3.63, 3.8) is 0 Å². The molecule has 1 aromatic carbocycles. The quantitative estimate of drug-likeness (QED) is 0.443. The van der Waals surface area contributed by atoms with Crippen LogP contribution in [0.1, 0.15) is 23.3 Å². The Morgan fingerprint density at radius 3 is 2.72 bits per heavy atom. The van der Waals surface area contributed by atoms with Gasteiger partial charge in [0.2, 0.25) is 5.91 Å². The molecule has 0 saturated heterocycles. The van der Waals surface area contributed by atoms with Crippen molar-refractivity contribution in [3.05, 3.63) is 59.6 Å². The molecule has 0 unspecified atom stereocenters. The van der Waals surface area contributed by atoms with Gasteiger partial charge in [-0.15, -0.1) is 0 Å². The van der Waals surface area contributed by atoms with Crippen LogP contribution in [-0.2, 0) is 4.79 Å². The molecule has 0 bridgehead atoms. The fourth-order valence-electron chi connectivity index (χ4n) is 2.46. The SMILES string of the molecule is O=C(CSc1cc(-n2ccc(C(=O)NC3CC3)n2)ncn1)Nc1ccc(Cl)cc1. The lowest BCUT2D eigenvalue weighted by molar-refractivity contribution is -0.113. The maximum Gasteiger partial charge on any atom is 0.272 e. The van der Waals surface area contributed by atoms with E-state index in [1.807, 2.05) is 0 Å². The van der Waals surface area contributed by atoms with Gasteiger partial charge in [-0.3, -0.25) is 9.59 Å². The molecule has 2 N–H and O–H groups in total. The van der Waals surface area contributed by atoms with E-state index in [0.29, 0.717) is 27.2 Å². The van der Waals surface area contributed by atoms with Crippen molar-refractivity contribution in [2.45, 2.75) is 23.9 Å². The molecule has 148 valence electrons. The predicted molar refractivity (Wildman–Crippen MR) is 110 cm³/mol. The van der Waals surface area contributed by atoms with Crippen molar-refractivity contribution in [1.29, 1.82) is 0 Å². The summed E-state index contributed by atoms with van der Waals surface area (Å²) in [5, 5.41) is 11.2. The number of hydrogen-bond donors (Lipinski definition) is 2. The number of carbonyl (C=O) groups excluding carboxylic acids is 2. The summed E-state index contributed by atoms with van der Waals surface area (Å²) >= 11 is 7.12. The second kappa shape index (κ2) is 8.62. The van der Waals surface area contributed by atoms with Gasteiger partial charge in [-0.25, -0.2) is 14.6 Å². The second-order valence-electron chi connectivity index (χ2n) is 6.45. The zero-order valence-electron chi connectivity index (χ0n) is 15.2. The molecule has 10 heteroatoms. The van der Waals surface area contributed by atoms with Gasteiger partial charge in [0.25, 0.3) is 5.91 Å². The van der Waals surface area contributed by atoms with Crippen molar-refractivity contribution in [2.24, 2.45) is 0 Å². The Morgan fingerprint density at radius 1 is 1.17 bits per heavy atom. The maximum absolute atomic E-state index is 12.1. The minimum absolute atomic E-state index is 0.157. The fourth-order valence-corrected chi connectivity index (χ4v) is 3.25. The summed E-state index contributed by atoms with van der Waals surface area (Å²) in [5.74, 6) is 0.364. The highest BCUT2D eigenvalue weighted by atomic mass is 35.5. The summed E-state index contributed by atoms with van der Waals surface area (Å²) in [7, 11) is 0. The Labute approximate surface area is 176 Å². The maximum atomic E-state index is 12.1. The van der Waals surface area contributed by atoms with Gasteiger partial charge in [0.15, 0.2) is 11.5 Å². The first kappa shape index (κ1) is 19.4. The van der Waals surface area contributed by atoms with Crippen molar-refractivity contribution in [1.82, 2.24) is 25.1 Å². The largest absolute Gasteiger partial charge is 0.348 e. The third-order valence-electron chi connectivity index (χ3n) is 4.08. The van der Waals surface area contributed by atoms with E-state index in [2.05, 4.69) is 25.7 Å². The monoisotopic (exact) mass is 428 g/mol. The van der Waals surface area contributed by atoms with Gasteiger partial charge in [0.1, 0.15) is 11.4 Å². The normalized spacial score (nSPS) is 13.1.